The molecule has 1 fully saturated rings. The number of halogens is 2. The predicted octanol–water partition coefficient (Wildman–Crippen LogP) is 3.13. The molecule has 2 unspecified atom stereocenters. The van der Waals surface area contributed by atoms with E-state index in [2.05, 4.69) is 10.3 Å². The van der Waals surface area contributed by atoms with Crippen molar-refractivity contribution in [2.75, 3.05) is 11.9 Å². The number of nitrogens with zero attached hydrogens (tertiary/aromatic N) is 1. The molecular weight excluding hydrogens is 266 g/mol. The van der Waals surface area contributed by atoms with E-state index in [9.17, 15) is 8.78 Å². The third-order valence-corrected chi connectivity index (χ3v) is 3.17. The van der Waals surface area contributed by atoms with Crippen LogP contribution in [0.15, 0.2) is 6.07 Å². The Kier molecular flexibility index (Phi) is 4.75. The van der Waals surface area contributed by atoms with E-state index in [1.54, 1.807) is 0 Å². The molecule has 0 aromatic carbocycles. The summed E-state index contributed by atoms with van der Waals surface area (Å²) in [6.07, 6.45) is 1.27. The van der Waals surface area contributed by atoms with Gasteiger partial charge in [-0.05, 0) is 20.8 Å². The molecule has 1 aromatic rings. The fourth-order valence-electron chi connectivity index (χ4n) is 2.42. The molecule has 2 atom stereocenters. The van der Waals surface area contributed by atoms with Gasteiger partial charge in [-0.1, -0.05) is 0 Å². The Morgan fingerprint density at radius 3 is 2.55 bits per heavy atom. The quantitative estimate of drug-likeness (QED) is 0.923. The smallest absolute Gasteiger partial charge is 0.252 e. The van der Waals surface area contributed by atoms with Crippen LogP contribution in [0.1, 0.15) is 33.6 Å². The summed E-state index contributed by atoms with van der Waals surface area (Å²) in [5.41, 5.74) is 0. The zero-order valence-corrected chi connectivity index (χ0v) is 12.0. The lowest BCUT2D eigenvalue weighted by Crippen LogP contribution is -2.36. The fraction of sp³-hybridized carbons (Fsp3) is 0.643. The van der Waals surface area contributed by atoms with Gasteiger partial charge in [0.2, 0.25) is 0 Å². The van der Waals surface area contributed by atoms with Gasteiger partial charge in [-0.15, -0.1) is 0 Å². The first-order valence-corrected chi connectivity index (χ1v) is 6.91. The maximum absolute atomic E-state index is 13.7. The Labute approximate surface area is 117 Å². The lowest BCUT2D eigenvalue weighted by molar-refractivity contribution is -0.0736. The number of rotatable bonds is 4. The van der Waals surface area contributed by atoms with Gasteiger partial charge >= 0.3 is 0 Å². The van der Waals surface area contributed by atoms with Crippen LogP contribution >= 0.6 is 0 Å². The average Bonchev–Trinajstić information content (AvgIpc) is 2.34. The summed E-state index contributed by atoms with van der Waals surface area (Å²) in [6.45, 7) is 6.21. The lowest BCUT2D eigenvalue weighted by Gasteiger charge is -2.32. The molecule has 0 amide bonds. The molecule has 1 saturated heterocycles. The molecule has 112 valence electrons. The van der Waals surface area contributed by atoms with Crippen molar-refractivity contribution in [1.29, 1.82) is 0 Å². The number of ether oxygens (including phenoxy) is 2. The summed E-state index contributed by atoms with van der Waals surface area (Å²) >= 11 is 0. The van der Waals surface area contributed by atoms with Gasteiger partial charge in [0.15, 0.2) is 17.5 Å². The second-order valence-corrected chi connectivity index (χ2v) is 5.10. The molecule has 0 bridgehead atoms. The number of anilines is 1. The minimum Gasteiger partial charge on any atom is -0.472 e. The first kappa shape index (κ1) is 15.0. The van der Waals surface area contributed by atoms with E-state index in [0.717, 1.165) is 6.07 Å². The Bertz CT molecular complexity index is 461. The fourth-order valence-corrected chi connectivity index (χ4v) is 2.42. The van der Waals surface area contributed by atoms with Crippen LogP contribution in [0.5, 0.6) is 5.88 Å². The first-order chi connectivity index (χ1) is 9.49. The van der Waals surface area contributed by atoms with E-state index in [0.29, 0.717) is 19.4 Å². The summed E-state index contributed by atoms with van der Waals surface area (Å²) < 4.78 is 38.4. The van der Waals surface area contributed by atoms with Gasteiger partial charge in [0, 0.05) is 25.5 Å². The zero-order valence-electron chi connectivity index (χ0n) is 12.0. The highest BCUT2D eigenvalue weighted by molar-refractivity contribution is 5.39. The minimum atomic E-state index is -0.782. The van der Waals surface area contributed by atoms with Crippen LogP contribution in [0.2, 0.25) is 0 Å². The van der Waals surface area contributed by atoms with Crippen LogP contribution in [-0.4, -0.2) is 29.8 Å². The molecule has 2 rings (SSSR count). The highest BCUT2D eigenvalue weighted by atomic mass is 19.1. The molecule has 2 heterocycles. The second kappa shape index (κ2) is 6.35. The maximum Gasteiger partial charge on any atom is 0.252 e. The summed E-state index contributed by atoms with van der Waals surface area (Å²) in [4.78, 5) is 3.88. The molecule has 20 heavy (non-hydrogen) atoms. The number of hydrogen-bond acceptors (Lipinski definition) is 4. The third kappa shape index (κ3) is 3.56. The standard InChI is InChI=1S/C14H20F2N2O2/c1-4-17-13-11(15)7-12(16)14(18-13)20-10-5-8(2)19-9(3)6-10/h7-10H,4-6H2,1-3H3,(H,17,18). The van der Waals surface area contributed by atoms with Gasteiger partial charge in [-0.25, -0.2) is 8.78 Å². The first-order valence-electron chi connectivity index (χ1n) is 6.91. The van der Waals surface area contributed by atoms with Crippen LogP contribution < -0.4 is 10.1 Å². The molecule has 0 spiro atoms. The van der Waals surface area contributed by atoms with Crippen LogP contribution in [0.4, 0.5) is 14.6 Å². The van der Waals surface area contributed by atoms with E-state index in [1.807, 2.05) is 20.8 Å². The van der Waals surface area contributed by atoms with E-state index in [4.69, 9.17) is 9.47 Å². The highest BCUT2D eigenvalue weighted by Gasteiger charge is 2.27. The summed E-state index contributed by atoms with van der Waals surface area (Å²) in [6, 6.07) is 0.798. The molecule has 1 aliphatic rings. The third-order valence-electron chi connectivity index (χ3n) is 3.17. The Morgan fingerprint density at radius 1 is 1.30 bits per heavy atom. The van der Waals surface area contributed by atoms with Crippen molar-refractivity contribution < 1.29 is 18.3 Å². The van der Waals surface area contributed by atoms with Crippen LogP contribution in [-0.2, 0) is 4.74 Å². The van der Waals surface area contributed by atoms with Crippen molar-refractivity contribution in [2.24, 2.45) is 0 Å². The topological polar surface area (TPSA) is 43.4 Å². The van der Waals surface area contributed by atoms with E-state index >= 15 is 0 Å². The lowest BCUT2D eigenvalue weighted by atomic mass is 10.0. The van der Waals surface area contributed by atoms with Gasteiger partial charge in [-0.3, -0.25) is 0 Å². The number of pyridine rings is 1. The van der Waals surface area contributed by atoms with Crippen molar-refractivity contribution in [3.63, 3.8) is 0 Å². The molecule has 1 aliphatic heterocycles. The summed E-state index contributed by atoms with van der Waals surface area (Å²) in [5.74, 6) is -1.65. The van der Waals surface area contributed by atoms with Crippen molar-refractivity contribution >= 4 is 5.82 Å². The molecule has 0 aliphatic carbocycles. The van der Waals surface area contributed by atoms with Crippen molar-refractivity contribution in [1.82, 2.24) is 4.98 Å². The molecule has 0 radical (unpaired) electrons. The Balaban J connectivity index is 2.13. The van der Waals surface area contributed by atoms with Crippen molar-refractivity contribution in [3.05, 3.63) is 17.7 Å². The van der Waals surface area contributed by atoms with Gasteiger partial charge in [0.05, 0.1) is 12.2 Å². The Hall–Kier alpha value is -1.43. The molecule has 6 heteroatoms. The van der Waals surface area contributed by atoms with E-state index < -0.39 is 11.6 Å². The Morgan fingerprint density at radius 2 is 1.95 bits per heavy atom. The van der Waals surface area contributed by atoms with Crippen molar-refractivity contribution in [3.8, 4) is 5.88 Å². The number of hydrogen-bond donors (Lipinski definition) is 1. The van der Waals surface area contributed by atoms with Crippen LogP contribution in [0.25, 0.3) is 0 Å². The highest BCUT2D eigenvalue weighted by Crippen LogP contribution is 2.26. The molecule has 4 nitrogen and oxygen atoms in total. The molecule has 1 N–H and O–H groups in total. The van der Waals surface area contributed by atoms with Crippen LogP contribution in [0, 0.1) is 11.6 Å². The van der Waals surface area contributed by atoms with E-state index in [-0.39, 0.29) is 30.0 Å². The zero-order chi connectivity index (χ0) is 14.7. The summed E-state index contributed by atoms with van der Waals surface area (Å²) in [5, 5.41) is 2.74. The molecule has 1 aromatic heterocycles. The average molecular weight is 286 g/mol. The number of nitrogens with one attached hydrogen (secondary N) is 1. The normalized spacial score (nSPS) is 26.4. The van der Waals surface area contributed by atoms with Crippen LogP contribution in [0.3, 0.4) is 0 Å². The van der Waals surface area contributed by atoms with Gasteiger partial charge < -0.3 is 14.8 Å². The van der Waals surface area contributed by atoms with Gasteiger partial charge in [-0.2, -0.15) is 4.98 Å². The second-order valence-electron chi connectivity index (χ2n) is 5.10. The van der Waals surface area contributed by atoms with Gasteiger partial charge in [0.1, 0.15) is 6.10 Å². The maximum atomic E-state index is 13.7. The number of aromatic nitrogens is 1. The van der Waals surface area contributed by atoms with E-state index in [1.165, 1.54) is 0 Å². The molecular formula is C14H20F2N2O2. The minimum absolute atomic E-state index is 0.0112. The van der Waals surface area contributed by atoms with Gasteiger partial charge in [0.25, 0.3) is 5.88 Å². The van der Waals surface area contributed by atoms with Crippen molar-refractivity contribution in [2.45, 2.75) is 51.9 Å². The summed E-state index contributed by atoms with van der Waals surface area (Å²) in [7, 11) is 0. The monoisotopic (exact) mass is 286 g/mol. The molecule has 0 saturated carbocycles. The SMILES string of the molecule is CCNc1nc(OC2CC(C)OC(C)C2)c(F)cc1F. The predicted molar refractivity (Wildman–Crippen MR) is 72.0 cm³/mol. The largest absolute Gasteiger partial charge is 0.472 e.